The van der Waals surface area contributed by atoms with Crippen LogP contribution in [0.4, 0.5) is 4.39 Å². The lowest BCUT2D eigenvalue weighted by Gasteiger charge is -2.20. The van der Waals surface area contributed by atoms with Crippen molar-refractivity contribution in [3.63, 3.8) is 0 Å². The minimum Gasteiger partial charge on any atom is -0.508 e. The van der Waals surface area contributed by atoms with E-state index in [9.17, 15) is 14.6 Å². The van der Waals surface area contributed by atoms with E-state index in [-0.39, 0.29) is 23.7 Å². The molecule has 3 nitrogen and oxygen atoms in total. The fraction of sp³-hybridized carbons (Fsp3) is 0.200. The number of aromatic hydroxyl groups is 1. The van der Waals surface area contributed by atoms with E-state index in [2.05, 4.69) is 0 Å². The van der Waals surface area contributed by atoms with Crippen LogP contribution in [0.3, 0.4) is 0 Å². The van der Waals surface area contributed by atoms with Gasteiger partial charge in [-0.3, -0.25) is 0 Å². The zero-order chi connectivity index (χ0) is 13.8. The van der Waals surface area contributed by atoms with Crippen LogP contribution in [0.15, 0.2) is 48.5 Å². The van der Waals surface area contributed by atoms with Gasteiger partial charge in [-0.05, 0) is 23.8 Å². The Kier molecular flexibility index (Phi) is 5.95. The van der Waals surface area contributed by atoms with E-state index in [0.717, 1.165) is 17.7 Å². The smallest absolute Gasteiger partial charge is 0.123 e. The van der Waals surface area contributed by atoms with Crippen LogP contribution >= 0.6 is 12.4 Å². The van der Waals surface area contributed by atoms with Crippen molar-refractivity contribution in [2.75, 3.05) is 0 Å². The van der Waals surface area contributed by atoms with Crippen molar-refractivity contribution >= 4 is 12.4 Å². The second kappa shape index (κ2) is 7.24. The van der Waals surface area contributed by atoms with Crippen molar-refractivity contribution in [2.45, 2.75) is 18.6 Å². The molecule has 0 radical (unpaired) electrons. The number of rotatable bonds is 4. The first-order valence-electron chi connectivity index (χ1n) is 6.04. The van der Waals surface area contributed by atoms with Crippen LogP contribution in [0, 0.1) is 5.82 Å². The third-order valence-electron chi connectivity index (χ3n) is 3.05. The van der Waals surface area contributed by atoms with Gasteiger partial charge in [-0.2, -0.15) is 0 Å². The molecule has 108 valence electrons. The highest BCUT2D eigenvalue weighted by Gasteiger charge is 2.20. The number of benzene rings is 2. The summed E-state index contributed by atoms with van der Waals surface area (Å²) in [7, 11) is 0. The molecule has 0 aliphatic heterocycles. The fourth-order valence-corrected chi connectivity index (χ4v) is 1.98. The molecule has 0 bridgehead atoms. The van der Waals surface area contributed by atoms with E-state index < -0.39 is 18.0 Å². The summed E-state index contributed by atoms with van der Waals surface area (Å²) in [5.41, 5.74) is 7.02. The topological polar surface area (TPSA) is 66.5 Å². The molecule has 2 aromatic carbocycles. The van der Waals surface area contributed by atoms with Crippen LogP contribution in [0.5, 0.6) is 5.75 Å². The lowest BCUT2D eigenvalue weighted by molar-refractivity contribution is 0.143. The summed E-state index contributed by atoms with van der Waals surface area (Å²) in [6, 6.07) is 12.1. The van der Waals surface area contributed by atoms with E-state index in [1.807, 2.05) is 30.3 Å². The van der Waals surface area contributed by atoms with Gasteiger partial charge in [0.15, 0.2) is 0 Å². The van der Waals surface area contributed by atoms with Crippen LogP contribution in [0.2, 0.25) is 0 Å². The van der Waals surface area contributed by atoms with Gasteiger partial charge in [-0.25, -0.2) is 4.39 Å². The number of aliphatic hydroxyl groups excluding tert-OH is 1. The normalized spacial score (nSPS) is 13.3. The Morgan fingerprint density at radius 3 is 2.40 bits per heavy atom. The quantitative estimate of drug-likeness (QED) is 0.812. The van der Waals surface area contributed by atoms with Gasteiger partial charge in [0.1, 0.15) is 11.6 Å². The maximum atomic E-state index is 13.1. The number of aliphatic hydroxyl groups is 1. The largest absolute Gasteiger partial charge is 0.508 e. The maximum absolute atomic E-state index is 13.1. The van der Waals surface area contributed by atoms with Crippen molar-refractivity contribution < 1.29 is 14.6 Å². The van der Waals surface area contributed by atoms with Gasteiger partial charge in [0.25, 0.3) is 0 Å². The molecule has 2 aromatic rings. The average molecular weight is 298 g/mol. The molecular formula is C15H17ClFNO2. The average Bonchev–Trinajstić information content (AvgIpc) is 2.42. The predicted octanol–water partition coefficient (Wildman–Crippen LogP) is 2.56. The molecule has 0 aliphatic rings. The molecule has 0 aromatic heterocycles. The van der Waals surface area contributed by atoms with Gasteiger partial charge in [0.05, 0.1) is 12.1 Å². The summed E-state index contributed by atoms with van der Waals surface area (Å²) in [5.74, 6) is -0.601. The van der Waals surface area contributed by atoms with E-state index in [0.29, 0.717) is 6.42 Å². The zero-order valence-corrected chi connectivity index (χ0v) is 11.6. The highest BCUT2D eigenvalue weighted by Crippen LogP contribution is 2.26. The van der Waals surface area contributed by atoms with Gasteiger partial charge in [-0.15, -0.1) is 12.4 Å². The molecule has 0 fully saturated rings. The van der Waals surface area contributed by atoms with Crippen LogP contribution in [0.1, 0.15) is 17.2 Å². The Balaban J connectivity index is 0.00000200. The lowest BCUT2D eigenvalue weighted by Crippen LogP contribution is -2.28. The molecule has 0 saturated carbocycles. The Bertz CT molecular complexity index is 551. The fourth-order valence-electron chi connectivity index (χ4n) is 1.98. The Labute approximate surface area is 123 Å². The first-order valence-corrected chi connectivity index (χ1v) is 6.04. The summed E-state index contributed by atoms with van der Waals surface area (Å²) < 4.78 is 13.1. The van der Waals surface area contributed by atoms with Crippen molar-refractivity contribution in [1.82, 2.24) is 0 Å². The third-order valence-corrected chi connectivity index (χ3v) is 3.05. The molecule has 0 amide bonds. The number of nitrogens with two attached hydrogens (primary N) is 1. The molecule has 5 heteroatoms. The van der Waals surface area contributed by atoms with E-state index in [1.54, 1.807) is 0 Å². The van der Waals surface area contributed by atoms with E-state index in [1.165, 1.54) is 6.07 Å². The van der Waals surface area contributed by atoms with Gasteiger partial charge in [0, 0.05) is 12.0 Å². The van der Waals surface area contributed by atoms with Crippen molar-refractivity contribution in [2.24, 2.45) is 5.73 Å². The first kappa shape index (κ1) is 16.4. The molecule has 0 spiro atoms. The van der Waals surface area contributed by atoms with E-state index in [4.69, 9.17) is 5.73 Å². The minimum absolute atomic E-state index is 0. The summed E-state index contributed by atoms with van der Waals surface area (Å²) in [6.07, 6.45) is -0.548. The number of hydrogen-bond acceptors (Lipinski definition) is 3. The monoisotopic (exact) mass is 297 g/mol. The summed E-state index contributed by atoms with van der Waals surface area (Å²) in [4.78, 5) is 0. The second-order valence-electron chi connectivity index (χ2n) is 4.49. The molecule has 0 heterocycles. The SMILES string of the molecule is Cl.N[C@H](c1cc(F)ccc1O)[C@@H](O)Cc1ccccc1. The Hall–Kier alpha value is -1.62. The van der Waals surface area contributed by atoms with Crippen molar-refractivity contribution in [3.05, 3.63) is 65.5 Å². The van der Waals surface area contributed by atoms with Crippen molar-refractivity contribution in [3.8, 4) is 5.75 Å². The standard InChI is InChI=1S/C15H16FNO2.ClH/c16-11-6-7-13(18)12(9-11)15(17)14(19)8-10-4-2-1-3-5-10;/h1-7,9,14-15,18-19H,8,17H2;1H/t14-,15+;/m0./s1. The van der Waals surface area contributed by atoms with Gasteiger partial charge < -0.3 is 15.9 Å². The Morgan fingerprint density at radius 1 is 1.10 bits per heavy atom. The first-order chi connectivity index (χ1) is 9.08. The van der Waals surface area contributed by atoms with Crippen LogP contribution in [-0.4, -0.2) is 16.3 Å². The number of halogens is 2. The van der Waals surface area contributed by atoms with E-state index >= 15 is 0 Å². The molecule has 0 saturated heterocycles. The Morgan fingerprint density at radius 2 is 1.75 bits per heavy atom. The second-order valence-corrected chi connectivity index (χ2v) is 4.49. The highest BCUT2D eigenvalue weighted by molar-refractivity contribution is 5.85. The zero-order valence-electron chi connectivity index (χ0n) is 10.7. The van der Waals surface area contributed by atoms with Gasteiger partial charge >= 0.3 is 0 Å². The molecule has 4 N–H and O–H groups in total. The van der Waals surface area contributed by atoms with Crippen LogP contribution in [0.25, 0.3) is 0 Å². The van der Waals surface area contributed by atoms with Crippen molar-refractivity contribution in [1.29, 1.82) is 0 Å². The minimum atomic E-state index is -0.893. The highest BCUT2D eigenvalue weighted by atomic mass is 35.5. The van der Waals surface area contributed by atoms with Crippen LogP contribution < -0.4 is 5.73 Å². The molecule has 2 atom stereocenters. The molecule has 0 aliphatic carbocycles. The molecule has 2 rings (SSSR count). The summed E-state index contributed by atoms with van der Waals surface area (Å²) >= 11 is 0. The van der Waals surface area contributed by atoms with Gasteiger partial charge in [0.2, 0.25) is 0 Å². The summed E-state index contributed by atoms with van der Waals surface area (Å²) in [6.45, 7) is 0. The number of hydrogen-bond donors (Lipinski definition) is 3. The molecule has 20 heavy (non-hydrogen) atoms. The van der Waals surface area contributed by atoms with Crippen LogP contribution in [-0.2, 0) is 6.42 Å². The lowest BCUT2D eigenvalue weighted by atomic mass is 9.96. The molecular weight excluding hydrogens is 281 g/mol. The number of phenols is 1. The summed E-state index contributed by atoms with van der Waals surface area (Å²) in [5, 5.41) is 19.7. The van der Waals surface area contributed by atoms with Gasteiger partial charge in [-0.1, -0.05) is 30.3 Å². The predicted molar refractivity (Wildman–Crippen MR) is 78.4 cm³/mol. The molecule has 0 unspecified atom stereocenters. The number of phenolic OH excluding ortho intramolecular Hbond substituents is 1. The third kappa shape index (κ3) is 3.93. The maximum Gasteiger partial charge on any atom is 0.123 e.